The monoisotopic (exact) mass is 420 g/mol. The summed E-state index contributed by atoms with van der Waals surface area (Å²) in [6.45, 7) is 1.86. The van der Waals surface area contributed by atoms with Crippen LogP contribution in [0.25, 0.3) is 0 Å². The summed E-state index contributed by atoms with van der Waals surface area (Å²) >= 11 is 0. The first-order valence-corrected chi connectivity index (χ1v) is 10.4. The molecule has 4 aromatic carbocycles. The van der Waals surface area contributed by atoms with E-state index < -0.39 is 0 Å². The maximum Gasteiger partial charge on any atom is 0.127 e. The number of aromatic hydroxyl groups is 2. The van der Waals surface area contributed by atoms with Gasteiger partial charge in [0, 0.05) is 30.0 Å². The molecular formula is C28H24N2O2. The third-order valence-electron chi connectivity index (χ3n) is 5.19. The van der Waals surface area contributed by atoms with E-state index >= 15 is 0 Å². The third kappa shape index (κ3) is 5.10. The smallest absolute Gasteiger partial charge is 0.127 e. The highest BCUT2D eigenvalue weighted by Crippen LogP contribution is 2.26. The Balaban J connectivity index is 1.53. The molecule has 4 rings (SSSR count). The zero-order valence-electron chi connectivity index (χ0n) is 17.8. The van der Waals surface area contributed by atoms with E-state index in [9.17, 15) is 10.2 Å². The first-order chi connectivity index (χ1) is 15.6. The highest BCUT2D eigenvalue weighted by molar-refractivity contribution is 5.86. The van der Waals surface area contributed by atoms with Crippen molar-refractivity contribution >= 4 is 23.8 Å². The van der Waals surface area contributed by atoms with Crippen LogP contribution in [0.15, 0.2) is 101 Å². The number of aryl methyl sites for hydroxylation is 1. The summed E-state index contributed by atoms with van der Waals surface area (Å²) in [5.41, 5.74) is 5.63. The van der Waals surface area contributed by atoms with E-state index in [1.807, 2.05) is 97.9 Å². The van der Waals surface area contributed by atoms with Gasteiger partial charge in [0.1, 0.15) is 11.5 Å². The first-order valence-electron chi connectivity index (χ1n) is 10.4. The van der Waals surface area contributed by atoms with Gasteiger partial charge in [-0.2, -0.15) is 0 Å². The minimum atomic E-state index is 0.228. The number of phenols is 2. The Morgan fingerprint density at radius 1 is 0.656 bits per heavy atom. The maximum absolute atomic E-state index is 10.8. The summed E-state index contributed by atoms with van der Waals surface area (Å²) in [5.74, 6) is 0.470. The minimum absolute atomic E-state index is 0.228. The largest absolute Gasteiger partial charge is 0.507 e. The van der Waals surface area contributed by atoms with Crippen LogP contribution in [-0.2, 0) is 6.42 Å². The van der Waals surface area contributed by atoms with Gasteiger partial charge in [-0.1, -0.05) is 54.6 Å². The molecule has 0 heterocycles. The molecule has 0 aliphatic carbocycles. The average Bonchev–Trinajstić information content (AvgIpc) is 2.81. The van der Waals surface area contributed by atoms with E-state index in [0.717, 1.165) is 28.1 Å². The van der Waals surface area contributed by atoms with Crippen LogP contribution in [0, 0.1) is 6.92 Å². The molecule has 2 N–H and O–H groups in total. The summed E-state index contributed by atoms with van der Waals surface area (Å²) in [5, 5.41) is 20.9. The molecule has 0 aromatic heterocycles. The van der Waals surface area contributed by atoms with Gasteiger partial charge in [0.2, 0.25) is 0 Å². The summed E-state index contributed by atoms with van der Waals surface area (Å²) in [6, 6.07) is 28.7. The fraction of sp³-hybridized carbons (Fsp3) is 0.0714. The average molecular weight is 421 g/mol. The van der Waals surface area contributed by atoms with Crippen molar-refractivity contribution in [2.45, 2.75) is 13.3 Å². The molecule has 0 radical (unpaired) electrons. The Labute approximate surface area is 187 Å². The molecule has 0 saturated heterocycles. The second kappa shape index (κ2) is 9.75. The Bertz CT molecular complexity index is 1280. The number of benzene rings is 4. The van der Waals surface area contributed by atoms with Crippen LogP contribution in [0.4, 0.5) is 11.4 Å². The van der Waals surface area contributed by atoms with Gasteiger partial charge >= 0.3 is 0 Å². The van der Waals surface area contributed by atoms with Crippen LogP contribution in [0.2, 0.25) is 0 Å². The lowest BCUT2D eigenvalue weighted by Gasteiger charge is -2.08. The van der Waals surface area contributed by atoms with Gasteiger partial charge in [0.25, 0.3) is 0 Å². The second-order valence-corrected chi connectivity index (χ2v) is 7.57. The van der Waals surface area contributed by atoms with Crippen LogP contribution >= 0.6 is 0 Å². The zero-order valence-corrected chi connectivity index (χ0v) is 17.8. The number of phenolic OH excluding ortho intramolecular Hbond substituents is 2. The van der Waals surface area contributed by atoms with Gasteiger partial charge in [-0.25, -0.2) is 0 Å². The molecule has 4 aromatic rings. The molecule has 0 bridgehead atoms. The Kier molecular flexibility index (Phi) is 6.42. The number of hydrogen-bond donors (Lipinski definition) is 2. The molecule has 4 heteroatoms. The Morgan fingerprint density at radius 2 is 1.28 bits per heavy atom. The second-order valence-electron chi connectivity index (χ2n) is 7.57. The topological polar surface area (TPSA) is 65.2 Å². The van der Waals surface area contributed by atoms with Gasteiger partial charge in [-0.15, -0.1) is 0 Å². The summed E-state index contributed by atoms with van der Waals surface area (Å²) in [4.78, 5) is 8.96. The highest BCUT2D eigenvalue weighted by atomic mass is 16.3. The van der Waals surface area contributed by atoms with Crippen LogP contribution in [0.3, 0.4) is 0 Å². The molecule has 0 saturated carbocycles. The fourth-order valence-electron chi connectivity index (χ4n) is 3.41. The summed E-state index contributed by atoms with van der Waals surface area (Å²) < 4.78 is 0. The third-order valence-corrected chi connectivity index (χ3v) is 5.19. The van der Waals surface area contributed by atoms with Gasteiger partial charge in [-0.05, 0) is 60.0 Å². The molecule has 0 unspecified atom stereocenters. The standard InChI is InChI=1S/C28H24N2O2/c1-20-8-5-11-23(27(20)31)18-30-26-15-6-9-21(17-26)16-22-10-7-12-24(28(22)32)19-29-25-13-3-2-4-14-25/h2-15,17-19,31-32H,16H2,1H3. The number of aliphatic imine (C=N–C) groups is 2. The molecule has 0 spiro atoms. The molecule has 0 aliphatic rings. The summed E-state index contributed by atoms with van der Waals surface area (Å²) in [6.07, 6.45) is 3.92. The van der Waals surface area contributed by atoms with Crippen molar-refractivity contribution in [3.8, 4) is 11.5 Å². The molecule has 0 fully saturated rings. The highest BCUT2D eigenvalue weighted by Gasteiger charge is 2.07. The molecule has 0 amide bonds. The first kappa shape index (κ1) is 21.1. The van der Waals surface area contributed by atoms with E-state index in [1.165, 1.54) is 0 Å². The van der Waals surface area contributed by atoms with E-state index in [1.54, 1.807) is 12.4 Å². The maximum atomic E-state index is 10.8. The zero-order chi connectivity index (χ0) is 22.3. The van der Waals surface area contributed by atoms with Crippen LogP contribution < -0.4 is 0 Å². The molecule has 4 nitrogen and oxygen atoms in total. The number of para-hydroxylation sites is 3. The summed E-state index contributed by atoms with van der Waals surface area (Å²) in [7, 11) is 0. The number of hydrogen-bond acceptors (Lipinski definition) is 4. The van der Waals surface area contributed by atoms with Crippen molar-refractivity contribution in [1.29, 1.82) is 0 Å². The van der Waals surface area contributed by atoms with E-state index in [-0.39, 0.29) is 11.5 Å². The lowest BCUT2D eigenvalue weighted by molar-refractivity contribution is 0.468. The fourth-order valence-corrected chi connectivity index (χ4v) is 3.41. The van der Waals surface area contributed by atoms with Gasteiger partial charge < -0.3 is 10.2 Å². The van der Waals surface area contributed by atoms with Crippen molar-refractivity contribution in [2.24, 2.45) is 9.98 Å². The predicted octanol–water partition coefficient (Wildman–Crippen LogP) is 6.50. The predicted molar refractivity (Wildman–Crippen MR) is 131 cm³/mol. The Hall–Kier alpha value is -4.18. The molecule has 0 atom stereocenters. The van der Waals surface area contributed by atoms with E-state index in [2.05, 4.69) is 9.98 Å². The quantitative estimate of drug-likeness (QED) is 0.350. The SMILES string of the molecule is Cc1cccc(C=Nc2cccc(Cc3cccc(C=Nc4ccccc4)c3O)c2)c1O. The van der Waals surface area contributed by atoms with E-state index in [0.29, 0.717) is 17.5 Å². The number of nitrogens with zero attached hydrogens (tertiary/aromatic N) is 2. The minimum Gasteiger partial charge on any atom is -0.507 e. The van der Waals surface area contributed by atoms with Crippen LogP contribution in [-0.4, -0.2) is 22.6 Å². The number of rotatable bonds is 6. The molecule has 0 aliphatic heterocycles. The normalized spacial score (nSPS) is 11.4. The lowest BCUT2D eigenvalue weighted by Crippen LogP contribution is -1.92. The lowest BCUT2D eigenvalue weighted by atomic mass is 10.0. The van der Waals surface area contributed by atoms with Gasteiger partial charge in [0.15, 0.2) is 0 Å². The van der Waals surface area contributed by atoms with Crippen LogP contribution in [0.5, 0.6) is 11.5 Å². The van der Waals surface area contributed by atoms with Crippen molar-refractivity contribution in [3.05, 3.63) is 119 Å². The van der Waals surface area contributed by atoms with Gasteiger partial charge in [-0.3, -0.25) is 9.98 Å². The van der Waals surface area contributed by atoms with E-state index in [4.69, 9.17) is 0 Å². The van der Waals surface area contributed by atoms with Crippen LogP contribution in [0.1, 0.15) is 27.8 Å². The van der Waals surface area contributed by atoms with Crippen molar-refractivity contribution in [1.82, 2.24) is 0 Å². The molecule has 158 valence electrons. The Morgan fingerprint density at radius 3 is 2.06 bits per heavy atom. The molecule has 32 heavy (non-hydrogen) atoms. The van der Waals surface area contributed by atoms with Crippen molar-refractivity contribution in [2.75, 3.05) is 0 Å². The molecular weight excluding hydrogens is 396 g/mol. The van der Waals surface area contributed by atoms with Gasteiger partial charge in [0.05, 0.1) is 11.4 Å². The van der Waals surface area contributed by atoms with Crippen molar-refractivity contribution in [3.63, 3.8) is 0 Å². The van der Waals surface area contributed by atoms with Crippen molar-refractivity contribution < 1.29 is 10.2 Å².